The van der Waals surface area contributed by atoms with Crippen LogP contribution < -0.4 is 0 Å². The summed E-state index contributed by atoms with van der Waals surface area (Å²) >= 11 is 0. The molecule has 0 spiro atoms. The van der Waals surface area contributed by atoms with Crippen LogP contribution in [0.2, 0.25) is 0 Å². The Kier molecular flexibility index (Phi) is 7.42. The summed E-state index contributed by atoms with van der Waals surface area (Å²) in [6, 6.07) is 0. The van der Waals surface area contributed by atoms with Crippen LogP contribution in [0.4, 0.5) is 0 Å². The minimum atomic E-state index is -3.76. The van der Waals surface area contributed by atoms with Gasteiger partial charge in [0.05, 0.1) is 5.75 Å². The summed E-state index contributed by atoms with van der Waals surface area (Å²) in [5.74, 6) is -0.194. The summed E-state index contributed by atoms with van der Waals surface area (Å²) in [5.41, 5.74) is 0. The fraction of sp³-hybridized carbons (Fsp3) is 1.00. The van der Waals surface area contributed by atoms with Crippen LogP contribution in [0.3, 0.4) is 0 Å². The molecule has 0 heterocycles. The summed E-state index contributed by atoms with van der Waals surface area (Å²) in [7, 11) is -0.278. The van der Waals surface area contributed by atoms with E-state index in [1.807, 2.05) is 0 Å². The zero-order valence-corrected chi connectivity index (χ0v) is 6.35. The number of rotatable bonds is 3. The van der Waals surface area contributed by atoms with Gasteiger partial charge in [-0.1, -0.05) is 0 Å². The van der Waals surface area contributed by atoms with Crippen molar-refractivity contribution in [2.24, 2.45) is 0 Å². The number of hydrogen-bond acceptors (Lipinski definition) is 3. The van der Waals surface area contributed by atoms with Crippen LogP contribution in [0.25, 0.3) is 0 Å². The van der Waals surface area contributed by atoms with E-state index in [0.717, 1.165) is 0 Å². The third kappa shape index (κ3) is 11.6. The van der Waals surface area contributed by atoms with E-state index in [1.54, 1.807) is 19.0 Å². The molecule has 6 heteroatoms. The SMILES string of the molecule is CN(C)CCS(=O)(=O)O.[NaH]. The third-order valence-corrected chi connectivity index (χ3v) is 1.49. The molecule has 0 aliphatic heterocycles. The molecule has 10 heavy (non-hydrogen) atoms. The number of hydrogen-bond donors (Lipinski definition) is 1. The first kappa shape index (κ1) is 13.5. The molecule has 0 amide bonds. The van der Waals surface area contributed by atoms with Crippen molar-refractivity contribution >= 4 is 39.7 Å². The summed E-state index contributed by atoms with van der Waals surface area (Å²) in [6.45, 7) is 0.360. The number of nitrogens with zero attached hydrogens (tertiary/aromatic N) is 1. The molecular formula is C4H12NNaO3S. The first-order valence-electron chi connectivity index (χ1n) is 2.52. The van der Waals surface area contributed by atoms with Gasteiger partial charge in [0.25, 0.3) is 10.1 Å². The normalized spacial score (nSPS) is 11.2. The van der Waals surface area contributed by atoms with Crippen molar-refractivity contribution in [2.75, 3.05) is 26.4 Å². The molecule has 0 saturated heterocycles. The van der Waals surface area contributed by atoms with Crippen molar-refractivity contribution in [1.82, 2.24) is 4.90 Å². The van der Waals surface area contributed by atoms with E-state index in [9.17, 15) is 8.42 Å². The second kappa shape index (κ2) is 5.51. The van der Waals surface area contributed by atoms with E-state index >= 15 is 0 Å². The fourth-order valence-electron chi connectivity index (χ4n) is 0.298. The summed E-state index contributed by atoms with van der Waals surface area (Å²) in [6.07, 6.45) is 0. The molecular weight excluding hydrogens is 165 g/mol. The maximum atomic E-state index is 10.1. The summed E-state index contributed by atoms with van der Waals surface area (Å²) in [5, 5.41) is 0. The Balaban J connectivity index is 0. The topological polar surface area (TPSA) is 57.6 Å². The van der Waals surface area contributed by atoms with Crippen LogP contribution in [0.5, 0.6) is 0 Å². The fourth-order valence-corrected chi connectivity index (χ4v) is 0.894. The molecule has 0 aromatic rings. The van der Waals surface area contributed by atoms with Gasteiger partial charge < -0.3 is 4.90 Å². The van der Waals surface area contributed by atoms with Gasteiger partial charge in [-0.15, -0.1) is 0 Å². The molecule has 0 unspecified atom stereocenters. The van der Waals surface area contributed by atoms with E-state index in [4.69, 9.17) is 4.55 Å². The molecule has 0 aromatic carbocycles. The van der Waals surface area contributed by atoms with Crippen molar-refractivity contribution in [3.63, 3.8) is 0 Å². The van der Waals surface area contributed by atoms with Crippen molar-refractivity contribution in [2.45, 2.75) is 0 Å². The molecule has 0 fully saturated rings. The van der Waals surface area contributed by atoms with E-state index in [0.29, 0.717) is 6.54 Å². The molecule has 0 aliphatic rings. The van der Waals surface area contributed by atoms with E-state index in [2.05, 4.69) is 0 Å². The van der Waals surface area contributed by atoms with Gasteiger partial charge in [0.1, 0.15) is 0 Å². The van der Waals surface area contributed by atoms with Gasteiger partial charge in [-0.05, 0) is 14.1 Å². The third-order valence-electron chi connectivity index (χ3n) is 0.796. The van der Waals surface area contributed by atoms with E-state index in [-0.39, 0.29) is 35.3 Å². The summed E-state index contributed by atoms with van der Waals surface area (Å²) in [4.78, 5) is 1.69. The molecule has 0 aromatic heterocycles. The zero-order chi connectivity index (χ0) is 7.49. The standard InChI is InChI=1S/C4H11NO3S.Na.H/c1-5(2)3-4-9(6,7)8;;/h3-4H2,1-2H3,(H,6,7,8);;. The van der Waals surface area contributed by atoms with E-state index in [1.165, 1.54) is 0 Å². The molecule has 0 rings (SSSR count). The van der Waals surface area contributed by atoms with Gasteiger partial charge in [0, 0.05) is 6.54 Å². The molecule has 58 valence electrons. The Morgan fingerprint density at radius 3 is 1.90 bits per heavy atom. The van der Waals surface area contributed by atoms with Crippen molar-refractivity contribution in [1.29, 1.82) is 0 Å². The Hall–Kier alpha value is 0.870. The van der Waals surface area contributed by atoms with Crippen molar-refractivity contribution in [3.05, 3.63) is 0 Å². The van der Waals surface area contributed by atoms with Gasteiger partial charge >= 0.3 is 29.6 Å². The zero-order valence-electron chi connectivity index (χ0n) is 5.53. The van der Waals surface area contributed by atoms with Crippen LogP contribution in [0.15, 0.2) is 0 Å². The predicted octanol–water partition coefficient (Wildman–Crippen LogP) is -1.21. The minimum absolute atomic E-state index is 0. The molecule has 0 saturated carbocycles. The molecule has 0 aliphatic carbocycles. The second-order valence-electron chi connectivity index (χ2n) is 2.09. The second-order valence-corrected chi connectivity index (χ2v) is 3.66. The Morgan fingerprint density at radius 1 is 1.40 bits per heavy atom. The first-order valence-corrected chi connectivity index (χ1v) is 4.12. The molecule has 1 N–H and O–H groups in total. The first-order chi connectivity index (χ1) is 3.92. The van der Waals surface area contributed by atoms with Gasteiger partial charge in [-0.3, -0.25) is 4.55 Å². The van der Waals surface area contributed by atoms with Crippen LogP contribution in [0.1, 0.15) is 0 Å². The quantitative estimate of drug-likeness (QED) is 0.434. The average Bonchev–Trinajstić information content (AvgIpc) is 1.59. The van der Waals surface area contributed by atoms with E-state index < -0.39 is 10.1 Å². The van der Waals surface area contributed by atoms with Crippen LogP contribution in [-0.2, 0) is 10.1 Å². The monoisotopic (exact) mass is 177 g/mol. The molecule has 0 bridgehead atoms. The van der Waals surface area contributed by atoms with Crippen molar-refractivity contribution in [3.8, 4) is 0 Å². The summed E-state index contributed by atoms with van der Waals surface area (Å²) < 4.78 is 28.3. The van der Waals surface area contributed by atoms with Gasteiger partial charge in [-0.25, -0.2) is 0 Å². The van der Waals surface area contributed by atoms with Crippen LogP contribution in [-0.4, -0.2) is 73.8 Å². The van der Waals surface area contributed by atoms with Crippen LogP contribution >= 0.6 is 0 Å². The Morgan fingerprint density at radius 2 is 1.80 bits per heavy atom. The van der Waals surface area contributed by atoms with Gasteiger partial charge in [0.15, 0.2) is 0 Å². The van der Waals surface area contributed by atoms with Crippen LogP contribution in [0, 0.1) is 0 Å². The average molecular weight is 177 g/mol. The molecule has 0 atom stereocenters. The Bertz CT molecular complexity index is 165. The van der Waals surface area contributed by atoms with Crippen molar-refractivity contribution < 1.29 is 13.0 Å². The van der Waals surface area contributed by atoms with Gasteiger partial charge in [-0.2, -0.15) is 8.42 Å². The predicted molar refractivity (Wildman–Crippen MR) is 42.1 cm³/mol. The molecule has 0 radical (unpaired) electrons. The van der Waals surface area contributed by atoms with Gasteiger partial charge in [0.2, 0.25) is 0 Å². The Labute approximate surface area is 83.6 Å². The maximum absolute atomic E-state index is 10.1. The molecule has 4 nitrogen and oxygen atoms in total.